The Morgan fingerprint density at radius 3 is 2.22 bits per heavy atom. The lowest BCUT2D eigenvalue weighted by molar-refractivity contribution is -0.136. The fraction of sp³-hybridized carbons (Fsp3) is 0.800. The van der Waals surface area contributed by atoms with Gasteiger partial charge in [-0.2, -0.15) is 0 Å². The average molecular weight is 330 g/mol. The van der Waals surface area contributed by atoms with Gasteiger partial charge < -0.3 is 26.4 Å². The van der Waals surface area contributed by atoms with Gasteiger partial charge >= 0.3 is 0 Å². The second-order valence-electron chi connectivity index (χ2n) is 6.14. The maximum absolute atomic E-state index is 12.0. The highest BCUT2D eigenvalue weighted by Crippen LogP contribution is 2.04. The summed E-state index contributed by atoms with van der Waals surface area (Å²) in [5, 5.41) is 14.6. The normalized spacial score (nSPS) is 14.8. The van der Waals surface area contributed by atoms with Crippen LogP contribution in [-0.2, 0) is 14.4 Å². The largest absolute Gasteiger partial charge is 0.382 e. The van der Waals surface area contributed by atoms with Crippen LogP contribution in [0.4, 0.5) is 0 Å². The summed E-state index contributed by atoms with van der Waals surface area (Å²) < 4.78 is 0. The maximum atomic E-state index is 12.0. The van der Waals surface area contributed by atoms with Crippen molar-refractivity contribution in [1.29, 1.82) is 0 Å². The molecule has 0 aliphatic rings. The number of rotatable bonds is 9. The lowest BCUT2D eigenvalue weighted by Crippen LogP contribution is -2.53. The third-order valence-corrected chi connectivity index (χ3v) is 3.41. The van der Waals surface area contributed by atoms with E-state index < -0.39 is 30.0 Å². The Labute approximate surface area is 137 Å². The van der Waals surface area contributed by atoms with Crippen LogP contribution in [-0.4, -0.2) is 66.6 Å². The molecule has 23 heavy (non-hydrogen) atoms. The van der Waals surface area contributed by atoms with Gasteiger partial charge in [-0.3, -0.25) is 14.4 Å². The van der Waals surface area contributed by atoms with Gasteiger partial charge in [0.25, 0.3) is 5.91 Å². The van der Waals surface area contributed by atoms with Crippen LogP contribution in [0.5, 0.6) is 0 Å². The van der Waals surface area contributed by atoms with Crippen molar-refractivity contribution in [3.05, 3.63) is 0 Å². The molecule has 0 aliphatic heterocycles. The first-order valence-corrected chi connectivity index (χ1v) is 7.83. The van der Waals surface area contributed by atoms with Crippen molar-refractivity contribution in [2.24, 2.45) is 11.7 Å². The van der Waals surface area contributed by atoms with E-state index in [1.165, 1.54) is 4.90 Å². The molecule has 8 nitrogen and oxygen atoms in total. The molecule has 0 saturated heterocycles. The number of nitrogens with zero attached hydrogens (tertiary/aromatic N) is 1. The lowest BCUT2D eigenvalue weighted by Gasteiger charge is -2.25. The van der Waals surface area contributed by atoms with Crippen LogP contribution >= 0.6 is 0 Å². The number of likely N-dealkylation sites (N-methyl/N-ethyl adjacent to an activating group) is 1. The van der Waals surface area contributed by atoms with Crippen molar-refractivity contribution in [2.75, 3.05) is 20.6 Å². The number of aliphatic hydroxyl groups is 1. The summed E-state index contributed by atoms with van der Waals surface area (Å²) in [6.07, 6.45) is -0.102. The summed E-state index contributed by atoms with van der Waals surface area (Å²) in [5.41, 5.74) is 5.67. The molecular formula is C15H30N4O4. The number of hydrogen-bond acceptors (Lipinski definition) is 5. The fourth-order valence-electron chi connectivity index (χ4n) is 1.97. The molecule has 0 spiro atoms. The molecule has 0 saturated carbocycles. The number of nitrogens with one attached hydrogen (secondary N) is 2. The van der Waals surface area contributed by atoms with Crippen molar-refractivity contribution < 1.29 is 19.5 Å². The van der Waals surface area contributed by atoms with E-state index in [4.69, 9.17) is 5.73 Å². The second kappa shape index (κ2) is 10.2. The Balaban J connectivity index is 4.48. The van der Waals surface area contributed by atoms with E-state index >= 15 is 0 Å². The zero-order valence-corrected chi connectivity index (χ0v) is 14.6. The monoisotopic (exact) mass is 330 g/mol. The smallest absolute Gasteiger partial charge is 0.250 e. The van der Waals surface area contributed by atoms with Gasteiger partial charge in [0.05, 0.1) is 6.54 Å². The average Bonchev–Trinajstić information content (AvgIpc) is 2.48. The van der Waals surface area contributed by atoms with E-state index in [1.54, 1.807) is 14.1 Å². The molecule has 3 amide bonds. The second-order valence-corrected chi connectivity index (χ2v) is 6.14. The summed E-state index contributed by atoms with van der Waals surface area (Å²) in [5.74, 6) is -1.50. The number of carbonyl (C=O) groups excluding carboxylic acids is 3. The third-order valence-electron chi connectivity index (χ3n) is 3.41. The standard InChI is InChI=1S/C15H30N4O4/c1-6-7-10(16)13(21)14(22)17-8-11(20)18-12(9(2)3)15(23)19(4)5/h9-10,12-13,21H,6-8,16H2,1-5H3,(H,17,22)(H,18,20)/t10-,12?,13?/m0/s1. The molecule has 5 N–H and O–H groups in total. The van der Waals surface area contributed by atoms with Crippen LogP contribution in [0.25, 0.3) is 0 Å². The summed E-state index contributed by atoms with van der Waals surface area (Å²) in [6.45, 7) is 5.21. The summed E-state index contributed by atoms with van der Waals surface area (Å²) >= 11 is 0. The van der Waals surface area contributed by atoms with Crippen molar-refractivity contribution in [3.63, 3.8) is 0 Å². The maximum Gasteiger partial charge on any atom is 0.250 e. The van der Waals surface area contributed by atoms with Crippen molar-refractivity contribution in [1.82, 2.24) is 15.5 Å². The summed E-state index contributed by atoms with van der Waals surface area (Å²) in [6, 6.07) is -1.33. The molecule has 0 aromatic heterocycles. The van der Waals surface area contributed by atoms with Crippen LogP contribution in [0.3, 0.4) is 0 Å². The van der Waals surface area contributed by atoms with Crippen LogP contribution < -0.4 is 16.4 Å². The topological polar surface area (TPSA) is 125 Å². The van der Waals surface area contributed by atoms with Crippen LogP contribution in [0, 0.1) is 5.92 Å². The summed E-state index contributed by atoms with van der Waals surface area (Å²) in [7, 11) is 3.22. The number of carbonyl (C=O) groups is 3. The van der Waals surface area contributed by atoms with Crippen molar-refractivity contribution in [2.45, 2.75) is 51.8 Å². The number of aliphatic hydroxyl groups excluding tert-OH is 1. The molecule has 0 radical (unpaired) electrons. The van der Waals surface area contributed by atoms with Crippen LogP contribution in [0.1, 0.15) is 33.6 Å². The minimum atomic E-state index is -1.35. The highest BCUT2D eigenvalue weighted by atomic mass is 16.3. The van der Waals surface area contributed by atoms with Gasteiger partial charge in [-0.15, -0.1) is 0 Å². The molecule has 0 bridgehead atoms. The van der Waals surface area contributed by atoms with Gasteiger partial charge in [-0.25, -0.2) is 0 Å². The highest BCUT2D eigenvalue weighted by Gasteiger charge is 2.26. The zero-order valence-electron chi connectivity index (χ0n) is 14.6. The van der Waals surface area contributed by atoms with Gasteiger partial charge in [0.15, 0.2) is 0 Å². The predicted molar refractivity (Wildman–Crippen MR) is 87.4 cm³/mol. The molecule has 8 heteroatoms. The molecule has 3 atom stereocenters. The molecule has 0 aliphatic carbocycles. The molecule has 0 heterocycles. The molecule has 134 valence electrons. The molecule has 2 unspecified atom stereocenters. The van der Waals surface area contributed by atoms with Crippen molar-refractivity contribution >= 4 is 17.7 Å². The first-order valence-electron chi connectivity index (χ1n) is 7.83. The van der Waals surface area contributed by atoms with Crippen LogP contribution in [0.2, 0.25) is 0 Å². The number of hydrogen-bond donors (Lipinski definition) is 4. The quantitative estimate of drug-likeness (QED) is 0.423. The Kier molecular flexibility index (Phi) is 9.43. The van der Waals surface area contributed by atoms with Gasteiger partial charge in [-0.1, -0.05) is 27.2 Å². The van der Waals surface area contributed by atoms with E-state index in [-0.39, 0.29) is 18.4 Å². The highest BCUT2D eigenvalue weighted by molar-refractivity contribution is 5.91. The SMILES string of the molecule is CCC[C@H](N)C(O)C(=O)NCC(=O)NC(C(=O)N(C)C)C(C)C. The first-order chi connectivity index (χ1) is 10.6. The molecule has 0 aromatic rings. The lowest BCUT2D eigenvalue weighted by atomic mass is 10.0. The van der Waals surface area contributed by atoms with Crippen molar-refractivity contribution in [3.8, 4) is 0 Å². The van der Waals surface area contributed by atoms with E-state index in [9.17, 15) is 19.5 Å². The molecular weight excluding hydrogens is 300 g/mol. The predicted octanol–water partition coefficient (Wildman–Crippen LogP) is -1.18. The van der Waals surface area contributed by atoms with E-state index in [2.05, 4.69) is 10.6 Å². The Morgan fingerprint density at radius 2 is 1.78 bits per heavy atom. The minimum absolute atomic E-state index is 0.0897. The molecule has 0 aromatic carbocycles. The Morgan fingerprint density at radius 1 is 1.22 bits per heavy atom. The van der Waals surface area contributed by atoms with Gasteiger partial charge in [0.1, 0.15) is 12.1 Å². The summed E-state index contributed by atoms with van der Waals surface area (Å²) in [4.78, 5) is 37.0. The van der Waals surface area contributed by atoms with Gasteiger partial charge in [0, 0.05) is 20.1 Å². The Bertz CT molecular complexity index is 412. The van der Waals surface area contributed by atoms with Gasteiger partial charge in [-0.05, 0) is 12.3 Å². The Hall–Kier alpha value is -1.67. The number of amides is 3. The minimum Gasteiger partial charge on any atom is -0.382 e. The van der Waals surface area contributed by atoms with Crippen LogP contribution in [0.15, 0.2) is 0 Å². The molecule has 0 rings (SSSR count). The van der Waals surface area contributed by atoms with Gasteiger partial charge in [0.2, 0.25) is 11.8 Å². The van der Waals surface area contributed by atoms with E-state index in [0.29, 0.717) is 6.42 Å². The zero-order chi connectivity index (χ0) is 18.2. The van der Waals surface area contributed by atoms with E-state index in [1.807, 2.05) is 20.8 Å². The third kappa shape index (κ3) is 7.43. The molecule has 0 fully saturated rings. The number of nitrogens with two attached hydrogens (primary N) is 1. The fourth-order valence-corrected chi connectivity index (χ4v) is 1.97. The van der Waals surface area contributed by atoms with E-state index in [0.717, 1.165) is 6.42 Å². The first kappa shape index (κ1) is 21.3.